The van der Waals surface area contributed by atoms with Gasteiger partial charge in [0.25, 0.3) is 5.91 Å². The highest BCUT2D eigenvalue weighted by atomic mass is 35.5. The maximum atomic E-state index is 13.1. The Morgan fingerprint density at radius 3 is 2.58 bits per heavy atom. The number of amides is 1. The van der Waals surface area contributed by atoms with Gasteiger partial charge in [0.2, 0.25) is 0 Å². The molecule has 168 valence electrons. The molecule has 1 heterocycles. The van der Waals surface area contributed by atoms with Crippen molar-refractivity contribution in [3.8, 4) is 11.5 Å². The smallest absolute Gasteiger partial charge is 0.270 e. The Kier molecular flexibility index (Phi) is 7.29. The molecule has 0 aliphatic carbocycles. The van der Waals surface area contributed by atoms with Gasteiger partial charge >= 0.3 is 0 Å². The predicted molar refractivity (Wildman–Crippen MR) is 141 cm³/mol. The number of halogens is 2. The van der Waals surface area contributed by atoms with E-state index in [0.717, 1.165) is 22.4 Å². The standard InChI is InChI=1S/C25H19Cl2NO3S2/c1-15-5-3-4-6-20(15)28-24(29)23(33-25(28)32)12-16-7-10-21(22(11-16)30-2)31-14-17-8-9-18(26)13-19(17)27/h3-13H,14H2,1-2H3/b23-12+. The molecular formula is C25H19Cl2NO3S2. The van der Waals surface area contributed by atoms with Crippen LogP contribution in [-0.4, -0.2) is 17.3 Å². The van der Waals surface area contributed by atoms with E-state index in [1.54, 1.807) is 36.3 Å². The highest BCUT2D eigenvalue weighted by molar-refractivity contribution is 8.27. The molecule has 1 amide bonds. The first-order valence-electron chi connectivity index (χ1n) is 9.95. The van der Waals surface area contributed by atoms with Crippen molar-refractivity contribution >= 4 is 69.2 Å². The van der Waals surface area contributed by atoms with Gasteiger partial charge in [-0.1, -0.05) is 77.5 Å². The first kappa shape index (κ1) is 23.6. The predicted octanol–water partition coefficient (Wildman–Crippen LogP) is 7.30. The fourth-order valence-corrected chi connectivity index (χ4v) is 5.08. The summed E-state index contributed by atoms with van der Waals surface area (Å²) in [6, 6.07) is 18.4. The second-order valence-corrected chi connectivity index (χ2v) is 9.76. The molecule has 8 heteroatoms. The van der Waals surface area contributed by atoms with E-state index in [1.165, 1.54) is 11.8 Å². The van der Waals surface area contributed by atoms with Crippen LogP contribution in [0.3, 0.4) is 0 Å². The van der Waals surface area contributed by atoms with Crippen molar-refractivity contribution in [3.05, 3.63) is 92.3 Å². The topological polar surface area (TPSA) is 38.8 Å². The molecule has 3 aromatic rings. The molecule has 0 aromatic heterocycles. The van der Waals surface area contributed by atoms with Gasteiger partial charge in [0.15, 0.2) is 15.8 Å². The van der Waals surface area contributed by atoms with Crippen molar-refractivity contribution in [3.63, 3.8) is 0 Å². The van der Waals surface area contributed by atoms with Gasteiger partial charge in [-0.15, -0.1) is 0 Å². The minimum Gasteiger partial charge on any atom is -0.493 e. The van der Waals surface area contributed by atoms with Crippen LogP contribution in [0.1, 0.15) is 16.7 Å². The second kappa shape index (κ2) is 10.2. The molecule has 0 N–H and O–H groups in total. The van der Waals surface area contributed by atoms with Gasteiger partial charge in [-0.2, -0.15) is 0 Å². The molecular weight excluding hydrogens is 497 g/mol. The average Bonchev–Trinajstić information content (AvgIpc) is 3.06. The summed E-state index contributed by atoms with van der Waals surface area (Å²) in [5, 5.41) is 1.10. The fourth-order valence-electron chi connectivity index (χ4n) is 3.33. The lowest BCUT2D eigenvalue weighted by atomic mass is 10.1. The van der Waals surface area contributed by atoms with E-state index in [2.05, 4.69) is 0 Å². The molecule has 33 heavy (non-hydrogen) atoms. The second-order valence-electron chi connectivity index (χ2n) is 7.24. The Labute approximate surface area is 212 Å². The van der Waals surface area contributed by atoms with Gasteiger partial charge in [0, 0.05) is 15.6 Å². The zero-order valence-electron chi connectivity index (χ0n) is 17.8. The van der Waals surface area contributed by atoms with E-state index in [-0.39, 0.29) is 12.5 Å². The molecule has 0 radical (unpaired) electrons. The van der Waals surface area contributed by atoms with Crippen molar-refractivity contribution in [2.45, 2.75) is 13.5 Å². The normalized spacial score (nSPS) is 14.8. The van der Waals surface area contributed by atoms with Crippen molar-refractivity contribution in [2.24, 2.45) is 0 Å². The number of thiocarbonyl (C=S) groups is 1. The van der Waals surface area contributed by atoms with Crippen LogP contribution in [0.4, 0.5) is 5.69 Å². The van der Waals surface area contributed by atoms with E-state index in [0.29, 0.717) is 30.8 Å². The Morgan fingerprint density at radius 1 is 1.06 bits per heavy atom. The van der Waals surface area contributed by atoms with Crippen LogP contribution < -0.4 is 14.4 Å². The van der Waals surface area contributed by atoms with E-state index in [1.807, 2.05) is 49.4 Å². The van der Waals surface area contributed by atoms with Crippen LogP contribution in [0.5, 0.6) is 11.5 Å². The van der Waals surface area contributed by atoms with E-state index < -0.39 is 0 Å². The summed E-state index contributed by atoms with van der Waals surface area (Å²) in [5.74, 6) is 0.965. The van der Waals surface area contributed by atoms with Crippen LogP contribution in [0, 0.1) is 6.92 Å². The summed E-state index contributed by atoms with van der Waals surface area (Å²) < 4.78 is 11.9. The lowest BCUT2D eigenvalue weighted by Gasteiger charge is -2.16. The fraction of sp³-hybridized carbons (Fsp3) is 0.120. The summed E-state index contributed by atoms with van der Waals surface area (Å²) in [5.41, 5.74) is 3.39. The molecule has 0 bridgehead atoms. The molecule has 1 fully saturated rings. The van der Waals surface area contributed by atoms with Crippen LogP contribution in [0.25, 0.3) is 6.08 Å². The van der Waals surface area contributed by atoms with Crippen molar-refractivity contribution in [1.29, 1.82) is 0 Å². The Bertz CT molecular complexity index is 1280. The van der Waals surface area contributed by atoms with Crippen LogP contribution in [0.15, 0.2) is 65.6 Å². The number of ether oxygens (including phenoxy) is 2. The zero-order chi connectivity index (χ0) is 23.5. The Morgan fingerprint density at radius 2 is 1.85 bits per heavy atom. The molecule has 0 atom stereocenters. The molecule has 1 aliphatic heterocycles. The highest BCUT2D eigenvalue weighted by Gasteiger charge is 2.34. The van der Waals surface area contributed by atoms with Gasteiger partial charge in [0.1, 0.15) is 6.61 Å². The number of thioether (sulfide) groups is 1. The number of nitrogens with zero attached hydrogens (tertiary/aromatic N) is 1. The number of para-hydroxylation sites is 1. The van der Waals surface area contributed by atoms with Gasteiger partial charge < -0.3 is 9.47 Å². The molecule has 0 unspecified atom stereocenters. The molecule has 4 nitrogen and oxygen atoms in total. The summed E-state index contributed by atoms with van der Waals surface area (Å²) in [6.45, 7) is 2.22. The van der Waals surface area contributed by atoms with Gasteiger partial charge in [0.05, 0.1) is 17.7 Å². The maximum Gasteiger partial charge on any atom is 0.270 e. The number of methoxy groups -OCH3 is 1. The van der Waals surface area contributed by atoms with Crippen molar-refractivity contribution in [1.82, 2.24) is 0 Å². The number of hydrogen-bond acceptors (Lipinski definition) is 5. The van der Waals surface area contributed by atoms with Crippen molar-refractivity contribution < 1.29 is 14.3 Å². The van der Waals surface area contributed by atoms with E-state index >= 15 is 0 Å². The lowest BCUT2D eigenvalue weighted by molar-refractivity contribution is -0.113. The molecule has 1 aliphatic rings. The zero-order valence-corrected chi connectivity index (χ0v) is 20.9. The number of anilines is 1. The van der Waals surface area contributed by atoms with Crippen LogP contribution >= 0.6 is 47.2 Å². The third-order valence-electron chi connectivity index (χ3n) is 5.03. The molecule has 0 saturated carbocycles. The van der Waals surface area contributed by atoms with Gasteiger partial charge in [-0.05, 0) is 54.5 Å². The quantitative estimate of drug-likeness (QED) is 0.254. The van der Waals surface area contributed by atoms with Gasteiger partial charge in [-0.3, -0.25) is 9.69 Å². The highest BCUT2D eigenvalue weighted by Crippen LogP contribution is 2.38. The number of carbonyl (C=O) groups is 1. The van der Waals surface area contributed by atoms with E-state index in [4.69, 9.17) is 44.9 Å². The summed E-state index contributed by atoms with van der Waals surface area (Å²) >= 11 is 18.9. The summed E-state index contributed by atoms with van der Waals surface area (Å²) in [6.07, 6.45) is 1.81. The maximum absolute atomic E-state index is 13.1. The van der Waals surface area contributed by atoms with Crippen LogP contribution in [0.2, 0.25) is 10.0 Å². The summed E-state index contributed by atoms with van der Waals surface area (Å²) in [4.78, 5) is 15.2. The summed E-state index contributed by atoms with van der Waals surface area (Å²) in [7, 11) is 1.57. The number of carbonyl (C=O) groups excluding carboxylic acids is 1. The number of rotatable bonds is 6. The van der Waals surface area contributed by atoms with E-state index in [9.17, 15) is 4.79 Å². The third-order valence-corrected chi connectivity index (χ3v) is 6.92. The minimum atomic E-state index is -0.143. The largest absolute Gasteiger partial charge is 0.493 e. The Balaban J connectivity index is 1.54. The first-order chi connectivity index (χ1) is 15.9. The SMILES string of the molecule is COc1cc(/C=C2/SC(=S)N(c3ccccc3C)C2=O)ccc1OCc1ccc(Cl)cc1Cl. The number of hydrogen-bond donors (Lipinski definition) is 0. The monoisotopic (exact) mass is 515 g/mol. The van der Waals surface area contributed by atoms with Gasteiger partial charge in [-0.25, -0.2) is 0 Å². The van der Waals surface area contributed by atoms with Crippen LogP contribution in [-0.2, 0) is 11.4 Å². The lowest BCUT2D eigenvalue weighted by Crippen LogP contribution is -2.28. The number of aryl methyl sites for hydroxylation is 1. The first-order valence-corrected chi connectivity index (χ1v) is 11.9. The molecule has 1 saturated heterocycles. The minimum absolute atomic E-state index is 0.143. The third kappa shape index (κ3) is 5.20. The molecule has 0 spiro atoms. The molecule has 3 aromatic carbocycles. The average molecular weight is 516 g/mol. The number of benzene rings is 3. The van der Waals surface area contributed by atoms with Crippen molar-refractivity contribution in [2.75, 3.05) is 12.0 Å². The Hall–Kier alpha value is -2.51. The molecule has 4 rings (SSSR count).